The Bertz CT molecular complexity index is 981. The second-order valence-corrected chi connectivity index (χ2v) is 11.3. The third-order valence-corrected chi connectivity index (χ3v) is 7.25. The summed E-state index contributed by atoms with van der Waals surface area (Å²) in [5.74, 6) is -52.0. The molecule has 0 aliphatic heterocycles. The lowest BCUT2D eigenvalue weighted by Crippen LogP contribution is -2.74. The summed E-state index contributed by atoms with van der Waals surface area (Å²) in [6.07, 6.45) is 0.328. The molecule has 0 aliphatic carbocycles. The van der Waals surface area contributed by atoms with Gasteiger partial charge in [-0.2, -0.15) is 83.1 Å². The normalized spacial score (nSPS) is 15.2. The molecule has 4 nitrogen and oxygen atoms in total. The monoisotopic (exact) mass is 714 g/mol. The van der Waals surface area contributed by atoms with Gasteiger partial charge in [0.2, 0.25) is 0 Å². The second kappa shape index (κ2) is 14.6. The van der Waals surface area contributed by atoms with Crippen LogP contribution in [0.1, 0.15) is 66.2 Å². The summed E-state index contributed by atoms with van der Waals surface area (Å²) in [4.78, 5) is 0. The van der Waals surface area contributed by atoms with E-state index in [0.29, 0.717) is 0 Å². The first-order chi connectivity index (χ1) is 19.2. The Kier molecular flexibility index (Phi) is 14.9. The van der Waals surface area contributed by atoms with Crippen LogP contribution in [0.4, 0.5) is 74.6 Å². The quantitative estimate of drug-likeness (QED) is 0.0709. The van der Waals surface area contributed by atoms with Gasteiger partial charge in [0.15, 0.2) is 0 Å². The Hall–Kier alpha value is -1.32. The fourth-order valence-corrected chi connectivity index (χ4v) is 4.55. The van der Waals surface area contributed by atoms with Crippen molar-refractivity contribution in [1.29, 1.82) is 0 Å². The zero-order valence-electron chi connectivity index (χ0n) is 23.6. The molecule has 0 fully saturated rings. The van der Waals surface area contributed by atoms with Gasteiger partial charge in [0.1, 0.15) is 0 Å². The molecule has 44 heavy (non-hydrogen) atoms. The van der Waals surface area contributed by atoms with Gasteiger partial charge in [-0.1, -0.05) is 34.1 Å². The highest BCUT2D eigenvalue weighted by Gasteiger charge is 2.96. The lowest BCUT2D eigenvalue weighted by atomic mass is 9.91. The van der Waals surface area contributed by atoms with Gasteiger partial charge < -0.3 is 4.48 Å². The maximum Gasteiger partial charge on any atom is 0.460 e. The maximum absolute atomic E-state index is 13.0. The molecule has 0 heterocycles. The van der Waals surface area contributed by atoms with E-state index < -0.39 is 57.1 Å². The lowest BCUT2D eigenvalue weighted by Gasteiger charge is -2.42. The van der Waals surface area contributed by atoms with Gasteiger partial charge in [0.25, 0.3) is 0 Å². The van der Waals surface area contributed by atoms with Crippen molar-refractivity contribution in [1.82, 2.24) is 0 Å². The number of halogens is 17. The first kappa shape index (κ1) is 44.8. The van der Waals surface area contributed by atoms with E-state index in [1.54, 1.807) is 0 Å². The molecule has 0 spiro atoms. The first-order valence-corrected chi connectivity index (χ1v) is 14.2. The summed E-state index contributed by atoms with van der Waals surface area (Å²) in [6, 6.07) is 0. The molecular weight excluding hydrogens is 681 g/mol. The Morgan fingerprint density at radius 1 is 0.455 bits per heavy atom. The topological polar surface area (TPSA) is 54.4 Å². The molecule has 22 heteroatoms. The molecule has 0 atom stereocenters. The Morgan fingerprint density at radius 3 is 1.00 bits per heavy atom. The predicted molar refractivity (Wildman–Crippen MR) is 122 cm³/mol. The smallest absolute Gasteiger partial charge is 0.324 e. The molecule has 0 unspecified atom stereocenters. The highest BCUT2D eigenvalue weighted by atomic mass is 32.2. The van der Waals surface area contributed by atoms with Crippen LogP contribution in [0, 0.1) is 0 Å². The molecule has 0 aromatic carbocycles. The fraction of sp³-hybridized carbons (Fsp3) is 1.00. The van der Waals surface area contributed by atoms with E-state index in [1.807, 2.05) is 0 Å². The Labute approximate surface area is 242 Å². The third kappa shape index (κ3) is 8.14. The van der Waals surface area contributed by atoms with E-state index >= 15 is 0 Å². The number of hydrogen-bond donors (Lipinski definition) is 1. The largest absolute Gasteiger partial charge is 0.460 e. The summed E-state index contributed by atoms with van der Waals surface area (Å²) in [5, 5.41) is -7.84. The average Bonchev–Trinajstić information content (AvgIpc) is 2.83. The average molecular weight is 715 g/mol. The molecule has 0 aliphatic rings. The van der Waals surface area contributed by atoms with Crippen molar-refractivity contribution in [2.45, 2.75) is 113 Å². The lowest BCUT2D eigenvalue weighted by molar-refractivity contribution is -0.928. The van der Waals surface area contributed by atoms with Gasteiger partial charge in [0, 0.05) is 0 Å². The van der Waals surface area contributed by atoms with Gasteiger partial charge in [-0.05, 0) is 32.1 Å². The Morgan fingerprint density at radius 2 is 0.750 bits per heavy atom. The number of rotatable bonds is 17. The number of alkyl halides is 17. The minimum atomic E-state index is -8.89. The molecule has 0 rings (SSSR count). The molecule has 0 amide bonds. The van der Waals surface area contributed by atoms with Crippen LogP contribution in [0.3, 0.4) is 0 Å². The molecule has 0 bridgehead atoms. The number of hydrogen-bond acceptors (Lipinski definition) is 2. The van der Waals surface area contributed by atoms with Gasteiger partial charge >= 0.3 is 57.1 Å². The highest BCUT2D eigenvalue weighted by molar-refractivity contribution is 7.87. The molecule has 0 aromatic heterocycles. The van der Waals surface area contributed by atoms with E-state index in [-0.39, 0.29) is 0 Å². The summed E-state index contributed by atoms with van der Waals surface area (Å²) in [5.41, 5.74) is 0. The highest BCUT2D eigenvalue weighted by Crippen LogP contribution is 2.64. The van der Waals surface area contributed by atoms with E-state index in [0.717, 1.165) is 0 Å². The van der Waals surface area contributed by atoms with Crippen LogP contribution in [0.2, 0.25) is 0 Å². The van der Waals surface area contributed by atoms with Crippen LogP contribution in [0.5, 0.6) is 0 Å². The standard InChI is InChI=1S/C14H32N.C8HF17O3S/c1-5-9-10-14-15(11-6-2,12-7-3)13-8-4;9-1(10,3(13,14)5(17,18)7(21,22)23)2(11,12)4(15,16)6(19,20)8(24,25)29(26,27)28/h5-14H2,1-4H3;(H,26,27,28)/q+1;. The van der Waals surface area contributed by atoms with Crippen LogP contribution < -0.4 is 0 Å². The zero-order valence-corrected chi connectivity index (χ0v) is 24.4. The van der Waals surface area contributed by atoms with Crippen molar-refractivity contribution in [2.24, 2.45) is 0 Å². The van der Waals surface area contributed by atoms with Gasteiger partial charge in [-0.15, -0.1) is 0 Å². The maximum atomic E-state index is 13.0. The SMILES string of the molecule is CCCCC[N+](CCC)(CCC)CCC.O=S(=O)(O)C(F)(F)C(F)(F)C(F)(F)C(F)(F)C(F)(F)C(F)(F)C(F)(F)C(F)(F)F. The van der Waals surface area contributed by atoms with Crippen LogP contribution >= 0.6 is 0 Å². The summed E-state index contributed by atoms with van der Waals surface area (Å²) in [7, 11) is -7.89. The molecule has 0 radical (unpaired) electrons. The molecule has 0 saturated heterocycles. The van der Waals surface area contributed by atoms with Crippen molar-refractivity contribution >= 4 is 10.1 Å². The fourth-order valence-electron chi connectivity index (χ4n) is 4.10. The number of quaternary nitrogens is 1. The van der Waals surface area contributed by atoms with Crippen molar-refractivity contribution in [3.8, 4) is 0 Å². The zero-order chi connectivity index (χ0) is 36.1. The minimum Gasteiger partial charge on any atom is -0.324 e. The first-order valence-electron chi connectivity index (χ1n) is 12.8. The van der Waals surface area contributed by atoms with E-state index in [2.05, 4.69) is 27.7 Å². The van der Waals surface area contributed by atoms with Crippen molar-refractivity contribution in [3.05, 3.63) is 0 Å². The molecule has 0 aromatic rings. The molecule has 1 N–H and O–H groups in total. The molecule has 0 saturated carbocycles. The van der Waals surface area contributed by atoms with Crippen LogP contribution in [-0.4, -0.2) is 90.6 Å². The van der Waals surface area contributed by atoms with Crippen LogP contribution in [-0.2, 0) is 10.1 Å². The molecule has 268 valence electrons. The second-order valence-electron chi connectivity index (χ2n) is 9.88. The van der Waals surface area contributed by atoms with Gasteiger partial charge in [-0.25, -0.2) is 0 Å². The van der Waals surface area contributed by atoms with Crippen LogP contribution in [0.15, 0.2) is 0 Å². The van der Waals surface area contributed by atoms with Gasteiger partial charge in [-0.3, -0.25) is 4.55 Å². The molecular formula is C22H33F17NO3S+. The van der Waals surface area contributed by atoms with E-state index in [4.69, 9.17) is 4.55 Å². The van der Waals surface area contributed by atoms with Crippen LogP contribution in [0.25, 0.3) is 0 Å². The Balaban J connectivity index is 0. The van der Waals surface area contributed by atoms with E-state index in [9.17, 15) is 83.1 Å². The predicted octanol–water partition coefficient (Wildman–Crippen LogP) is 9.06. The number of nitrogens with zero attached hydrogens (tertiary/aromatic N) is 1. The van der Waals surface area contributed by atoms with Crippen molar-refractivity contribution in [2.75, 3.05) is 26.2 Å². The third-order valence-electron chi connectivity index (χ3n) is 6.35. The number of unbranched alkanes of at least 4 members (excludes halogenated alkanes) is 2. The minimum absolute atomic E-state index is 1.34. The van der Waals surface area contributed by atoms with Crippen molar-refractivity contribution < 1.29 is 92.1 Å². The van der Waals surface area contributed by atoms with E-state index in [1.165, 1.54) is 69.2 Å². The summed E-state index contributed by atoms with van der Waals surface area (Å²) >= 11 is 0. The summed E-state index contributed by atoms with van der Waals surface area (Å²) < 4.78 is 244. The van der Waals surface area contributed by atoms with Crippen molar-refractivity contribution in [3.63, 3.8) is 0 Å². The summed E-state index contributed by atoms with van der Waals surface area (Å²) in [6.45, 7) is 14.9. The van der Waals surface area contributed by atoms with Gasteiger partial charge in [0.05, 0.1) is 26.2 Å².